The maximum absolute atomic E-state index is 8.72. The molecule has 2 rings (SSSR count). The lowest BCUT2D eigenvalue weighted by Gasteiger charge is -2.38. The molecule has 0 radical (unpaired) electrons. The minimum Gasteiger partial charge on any atom is -0.409 e. The van der Waals surface area contributed by atoms with E-state index in [1.54, 1.807) is 6.20 Å². The molecule has 0 unspecified atom stereocenters. The van der Waals surface area contributed by atoms with Crippen LogP contribution in [0.4, 0.5) is 0 Å². The summed E-state index contributed by atoms with van der Waals surface area (Å²) < 4.78 is 0. The Morgan fingerprint density at radius 2 is 2.39 bits per heavy atom. The molecule has 0 atom stereocenters. The number of nitrogens with one attached hydrogen (secondary N) is 1. The van der Waals surface area contributed by atoms with Crippen molar-refractivity contribution in [3.8, 4) is 0 Å². The zero-order valence-electron chi connectivity index (χ0n) is 10.7. The summed E-state index contributed by atoms with van der Waals surface area (Å²) in [5, 5.41) is 15.2. The van der Waals surface area contributed by atoms with E-state index in [9.17, 15) is 0 Å². The topological polar surface area (TPSA) is 83.5 Å². The summed E-state index contributed by atoms with van der Waals surface area (Å²) >= 11 is 0. The van der Waals surface area contributed by atoms with Crippen LogP contribution in [-0.2, 0) is 6.54 Å². The first kappa shape index (κ1) is 12.8. The van der Waals surface area contributed by atoms with E-state index in [2.05, 4.69) is 22.4 Å². The molecule has 1 aliphatic carbocycles. The van der Waals surface area contributed by atoms with Gasteiger partial charge in [-0.05, 0) is 29.9 Å². The van der Waals surface area contributed by atoms with Crippen molar-refractivity contribution in [2.75, 3.05) is 6.54 Å². The smallest absolute Gasteiger partial charge is 0.189 e. The number of nitrogens with zero attached hydrogens (tertiary/aromatic N) is 2. The molecule has 0 aliphatic heterocycles. The van der Waals surface area contributed by atoms with Crippen molar-refractivity contribution in [1.29, 1.82) is 0 Å². The highest BCUT2D eigenvalue weighted by atomic mass is 16.4. The highest BCUT2D eigenvalue weighted by Gasteiger charge is 2.30. The summed E-state index contributed by atoms with van der Waals surface area (Å²) in [7, 11) is 0. The Hall–Kier alpha value is -1.62. The van der Waals surface area contributed by atoms with Crippen LogP contribution >= 0.6 is 0 Å². The molecule has 5 nitrogen and oxygen atoms in total. The SMILES string of the molecule is CC1(CNCc2cccnc2/C(N)=N/O)CCC1. The van der Waals surface area contributed by atoms with Gasteiger partial charge in [-0.15, -0.1) is 0 Å². The van der Waals surface area contributed by atoms with Gasteiger partial charge in [0.05, 0.1) is 0 Å². The van der Waals surface area contributed by atoms with Gasteiger partial charge in [0.1, 0.15) is 5.69 Å². The van der Waals surface area contributed by atoms with Gasteiger partial charge in [0, 0.05) is 19.3 Å². The molecular weight excluding hydrogens is 228 g/mol. The van der Waals surface area contributed by atoms with E-state index in [0.29, 0.717) is 17.7 Å². The Morgan fingerprint density at radius 1 is 1.61 bits per heavy atom. The molecule has 0 spiro atoms. The van der Waals surface area contributed by atoms with Crippen LogP contribution in [0.25, 0.3) is 0 Å². The monoisotopic (exact) mass is 248 g/mol. The maximum atomic E-state index is 8.72. The second-order valence-electron chi connectivity index (χ2n) is 5.26. The van der Waals surface area contributed by atoms with E-state index < -0.39 is 0 Å². The van der Waals surface area contributed by atoms with Crippen LogP contribution in [-0.4, -0.2) is 22.6 Å². The van der Waals surface area contributed by atoms with E-state index in [4.69, 9.17) is 10.9 Å². The number of rotatable bonds is 5. The zero-order chi connectivity index (χ0) is 13.0. The fraction of sp³-hybridized carbons (Fsp3) is 0.538. The van der Waals surface area contributed by atoms with Crippen molar-refractivity contribution >= 4 is 5.84 Å². The highest BCUT2D eigenvalue weighted by Crippen LogP contribution is 2.39. The number of oxime groups is 1. The average Bonchev–Trinajstić information content (AvgIpc) is 2.36. The standard InChI is InChI=1S/C13H20N4O/c1-13(5-3-6-13)9-15-8-10-4-2-7-16-11(10)12(14)17-18/h2,4,7,15,18H,3,5-6,8-9H2,1H3,(H2,14,17). The highest BCUT2D eigenvalue weighted by molar-refractivity contribution is 5.96. The minimum atomic E-state index is 0.0576. The molecule has 0 amide bonds. The number of pyridine rings is 1. The summed E-state index contributed by atoms with van der Waals surface area (Å²) in [6.07, 6.45) is 5.56. The molecule has 1 aromatic heterocycles. The Morgan fingerprint density at radius 3 is 3.00 bits per heavy atom. The van der Waals surface area contributed by atoms with Gasteiger partial charge in [0.25, 0.3) is 0 Å². The van der Waals surface area contributed by atoms with Crippen LogP contribution in [0, 0.1) is 5.41 Å². The molecule has 0 bridgehead atoms. The van der Waals surface area contributed by atoms with Gasteiger partial charge >= 0.3 is 0 Å². The van der Waals surface area contributed by atoms with E-state index in [-0.39, 0.29) is 5.84 Å². The Balaban J connectivity index is 1.96. The maximum Gasteiger partial charge on any atom is 0.189 e. The molecule has 4 N–H and O–H groups in total. The fourth-order valence-corrected chi connectivity index (χ4v) is 2.32. The quantitative estimate of drug-likeness (QED) is 0.319. The summed E-state index contributed by atoms with van der Waals surface area (Å²) in [4.78, 5) is 4.14. The third kappa shape index (κ3) is 2.79. The molecule has 1 heterocycles. The largest absolute Gasteiger partial charge is 0.409 e. The van der Waals surface area contributed by atoms with E-state index >= 15 is 0 Å². The van der Waals surface area contributed by atoms with Crippen molar-refractivity contribution < 1.29 is 5.21 Å². The summed E-state index contributed by atoms with van der Waals surface area (Å²) in [6.45, 7) is 3.99. The van der Waals surface area contributed by atoms with Gasteiger partial charge in [-0.3, -0.25) is 4.98 Å². The molecule has 18 heavy (non-hydrogen) atoms. The number of amidine groups is 1. The summed E-state index contributed by atoms with van der Waals surface area (Å²) in [5.41, 5.74) is 7.54. The number of hydrogen-bond donors (Lipinski definition) is 3. The van der Waals surface area contributed by atoms with Crippen LogP contribution in [0.15, 0.2) is 23.5 Å². The number of hydrogen-bond acceptors (Lipinski definition) is 4. The Bertz CT molecular complexity index is 440. The van der Waals surface area contributed by atoms with Gasteiger partial charge in [0.2, 0.25) is 0 Å². The van der Waals surface area contributed by atoms with E-state index in [1.807, 2.05) is 12.1 Å². The normalized spacial score (nSPS) is 18.4. The predicted octanol–water partition coefficient (Wildman–Crippen LogP) is 1.46. The minimum absolute atomic E-state index is 0.0576. The molecule has 0 saturated heterocycles. The van der Waals surface area contributed by atoms with Crippen molar-refractivity contribution in [3.63, 3.8) is 0 Å². The molecule has 0 aromatic carbocycles. The predicted molar refractivity (Wildman–Crippen MR) is 70.4 cm³/mol. The zero-order valence-corrected chi connectivity index (χ0v) is 10.7. The van der Waals surface area contributed by atoms with Crippen molar-refractivity contribution in [2.24, 2.45) is 16.3 Å². The van der Waals surface area contributed by atoms with Crippen LogP contribution in [0.1, 0.15) is 37.4 Å². The lowest BCUT2D eigenvalue weighted by Crippen LogP contribution is -2.37. The first-order chi connectivity index (χ1) is 8.64. The molecule has 1 fully saturated rings. The molecule has 1 saturated carbocycles. The van der Waals surface area contributed by atoms with Crippen LogP contribution in [0.2, 0.25) is 0 Å². The molecule has 98 valence electrons. The van der Waals surface area contributed by atoms with Gasteiger partial charge in [-0.2, -0.15) is 0 Å². The summed E-state index contributed by atoms with van der Waals surface area (Å²) in [6, 6.07) is 3.80. The van der Waals surface area contributed by atoms with E-state index in [1.165, 1.54) is 19.3 Å². The second kappa shape index (κ2) is 5.35. The Kier molecular flexibility index (Phi) is 3.81. The molecular formula is C13H20N4O. The third-order valence-corrected chi connectivity index (χ3v) is 3.67. The van der Waals surface area contributed by atoms with Gasteiger partial charge in [-0.1, -0.05) is 24.6 Å². The lowest BCUT2D eigenvalue weighted by atomic mass is 9.70. The van der Waals surface area contributed by atoms with Gasteiger partial charge in [0.15, 0.2) is 5.84 Å². The van der Waals surface area contributed by atoms with Gasteiger partial charge < -0.3 is 16.3 Å². The fourth-order valence-electron chi connectivity index (χ4n) is 2.32. The number of aromatic nitrogens is 1. The average molecular weight is 248 g/mol. The van der Waals surface area contributed by atoms with Gasteiger partial charge in [-0.25, -0.2) is 0 Å². The van der Waals surface area contributed by atoms with Crippen molar-refractivity contribution in [3.05, 3.63) is 29.6 Å². The first-order valence-corrected chi connectivity index (χ1v) is 6.27. The van der Waals surface area contributed by atoms with Crippen molar-refractivity contribution in [1.82, 2.24) is 10.3 Å². The van der Waals surface area contributed by atoms with Crippen LogP contribution in [0.5, 0.6) is 0 Å². The molecule has 1 aliphatic rings. The lowest BCUT2D eigenvalue weighted by molar-refractivity contribution is 0.156. The summed E-state index contributed by atoms with van der Waals surface area (Å²) in [5.74, 6) is 0.0576. The number of nitrogens with two attached hydrogens (primary N) is 1. The first-order valence-electron chi connectivity index (χ1n) is 6.27. The van der Waals surface area contributed by atoms with Crippen molar-refractivity contribution in [2.45, 2.75) is 32.7 Å². The third-order valence-electron chi connectivity index (χ3n) is 3.67. The Labute approximate surface area is 107 Å². The van der Waals surface area contributed by atoms with Crippen LogP contribution in [0.3, 0.4) is 0 Å². The molecule has 5 heteroatoms. The van der Waals surface area contributed by atoms with E-state index in [0.717, 1.165) is 12.1 Å². The molecule has 1 aromatic rings. The second-order valence-corrected chi connectivity index (χ2v) is 5.26. The van der Waals surface area contributed by atoms with Crippen LogP contribution < -0.4 is 11.1 Å².